The fourth-order valence-corrected chi connectivity index (χ4v) is 3.18. The molecule has 1 aliphatic heterocycles. The number of thioether (sulfide) groups is 1. The van der Waals surface area contributed by atoms with E-state index in [0.717, 1.165) is 17.3 Å². The summed E-state index contributed by atoms with van der Waals surface area (Å²) in [7, 11) is 0. The Morgan fingerprint density at radius 2 is 2.04 bits per heavy atom. The van der Waals surface area contributed by atoms with Crippen LogP contribution in [0.15, 0.2) is 42.5 Å². The number of nitrogens with zero attached hydrogens (tertiary/aromatic N) is 1. The van der Waals surface area contributed by atoms with Gasteiger partial charge in [-0.1, -0.05) is 30.0 Å². The number of amides is 3. The zero-order chi connectivity index (χ0) is 18.0. The molecular weight excluding hydrogens is 343 g/mol. The highest BCUT2D eigenvalue weighted by molar-refractivity contribution is 8.14. The predicted octanol–water partition coefficient (Wildman–Crippen LogP) is 3.58. The lowest BCUT2D eigenvalue weighted by Gasteiger charge is -2.14. The van der Waals surface area contributed by atoms with Crippen LogP contribution in [-0.4, -0.2) is 27.7 Å². The molecule has 0 radical (unpaired) electrons. The molecule has 3 amide bonds. The average molecular weight is 358 g/mol. The average Bonchev–Trinajstić information content (AvgIpc) is 2.90. The van der Waals surface area contributed by atoms with Crippen molar-refractivity contribution in [1.29, 1.82) is 0 Å². The van der Waals surface area contributed by atoms with Crippen LogP contribution in [-0.2, 0) is 11.3 Å². The van der Waals surface area contributed by atoms with Gasteiger partial charge in [0, 0.05) is 11.3 Å². The molecule has 1 saturated heterocycles. The number of halogens is 1. The number of carbonyl (C=O) groups excluding carboxylic acids is 3. The third-order valence-electron chi connectivity index (χ3n) is 3.82. The number of carbonyl (C=O) groups is 3. The SMILES string of the molecule is Cc1ccc(F)cc1NC(=O)c1cccc(CN2C(=O)CSC2=O)c1. The molecule has 2 aromatic carbocycles. The summed E-state index contributed by atoms with van der Waals surface area (Å²) < 4.78 is 13.3. The van der Waals surface area contributed by atoms with Gasteiger partial charge < -0.3 is 5.32 Å². The number of anilines is 1. The summed E-state index contributed by atoms with van der Waals surface area (Å²) in [6, 6.07) is 10.8. The Hall–Kier alpha value is -2.67. The Bertz CT molecular complexity index is 853. The van der Waals surface area contributed by atoms with E-state index in [4.69, 9.17) is 0 Å². The van der Waals surface area contributed by atoms with Crippen molar-refractivity contribution in [1.82, 2.24) is 4.90 Å². The van der Waals surface area contributed by atoms with Crippen molar-refractivity contribution in [3.8, 4) is 0 Å². The molecule has 0 saturated carbocycles. The van der Waals surface area contributed by atoms with Crippen molar-refractivity contribution in [3.63, 3.8) is 0 Å². The summed E-state index contributed by atoms with van der Waals surface area (Å²) in [5.74, 6) is -0.903. The maximum atomic E-state index is 13.3. The molecule has 1 aliphatic rings. The van der Waals surface area contributed by atoms with Crippen LogP contribution in [0.4, 0.5) is 14.9 Å². The normalized spacial score (nSPS) is 14.1. The molecular formula is C18H15FN2O3S. The topological polar surface area (TPSA) is 66.5 Å². The van der Waals surface area contributed by atoms with Crippen molar-refractivity contribution < 1.29 is 18.8 Å². The summed E-state index contributed by atoms with van der Waals surface area (Å²) in [4.78, 5) is 36.9. The monoisotopic (exact) mass is 358 g/mol. The molecule has 5 nitrogen and oxygen atoms in total. The van der Waals surface area contributed by atoms with Gasteiger partial charge in [-0.15, -0.1) is 0 Å². The highest BCUT2D eigenvalue weighted by Crippen LogP contribution is 2.22. The molecule has 0 bridgehead atoms. The third-order valence-corrected chi connectivity index (χ3v) is 4.68. The summed E-state index contributed by atoms with van der Waals surface area (Å²) in [6.07, 6.45) is 0. The first kappa shape index (κ1) is 17.2. The minimum Gasteiger partial charge on any atom is -0.322 e. The van der Waals surface area contributed by atoms with Gasteiger partial charge in [-0.3, -0.25) is 19.3 Å². The fourth-order valence-electron chi connectivity index (χ4n) is 2.45. The molecule has 1 N–H and O–H groups in total. The minimum atomic E-state index is -0.432. The van der Waals surface area contributed by atoms with Crippen LogP contribution in [0.2, 0.25) is 0 Å². The Balaban J connectivity index is 1.76. The van der Waals surface area contributed by atoms with Gasteiger partial charge in [-0.05, 0) is 42.3 Å². The van der Waals surface area contributed by atoms with Crippen LogP contribution < -0.4 is 5.32 Å². The van der Waals surface area contributed by atoms with Gasteiger partial charge in [0.2, 0.25) is 5.91 Å². The maximum Gasteiger partial charge on any atom is 0.289 e. The van der Waals surface area contributed by atoms with E-state index in [9.17, 15) is 18.8 Å². The Labute approximate surface area is 148 Å². The van der Waals surface area contributed by atoms with Gasteiger partial charge in [0.05, 0.1) is 12.3 Å². The number of hydrogen-bond donors (Lipinski definition) is 1. The number of hydrogen-bond acceptors (Lipinski definition) is 4. The molecule has 1 fully saturated rings. The number of aryl methyl sites for hydroxylation is 1. The van der Waals surface area contributed by atoms with Crippen LogP contribution in [0.5, 0.6) is 0 Å². The van der Waals surface area contributed by atoms with Crippen LogP contribution in [0, 0.1) is 12.7 Å². The summed E-state index contributed by atoms with van der Waals surface area (Å²) in [5.41, 5.74) is 2.19. The quantitative estimate of drug-likeness (QED) is 0.907. The first-order chi connectivity index (χ1) is 11.9. The summed E-state index contributed by atoms with van der Waals surface area (Å²) >= 11 is 0.971. The van der Waals surface area contributed by atoms with Gasteiger partial charge in [0.15, 0.2) is 0 Å². The number of imide groups is 1. The summed E-state index contributed by atoms with van der Waals surface area (Å²) in [6.45, 7) is 1.90. The molecule has 0 spiro atoms. The van der Waals surface area contributed by atoms with Crippen LogP contribution in [0.1, 0.15) is 21.5 Å². The van der Waals surface area contributed by atoms with E-state index < -0.39 is 5.82 Å². The molecule has 0 atom stereocenters. The first-order valence-electron chi connectivity index (χ1n) is 7.57. The lowest BCUT2D eigenvalue weighted by molar-refractivity contribution is -0.125. The molecule has 1 heterocycles. The van der Waals surface area contributed by atoms with Gasteiger partial charge >= 0.3 is 0 Å². The molecule has 25 heavy (non-hydrogen) atoms. The Kier molecular flexibility index (Phi) is 4.85. The Morgan fingerprint density at radius 3 is 2.76 bits per heavy atom. The fraction of sp³-hybridized carbons (Fsp3) is 0.167. The van der Waals surface area contributed by atoms with Gasteiger partial charge in [-0.2, -0.15) is 0 Å². The zero-order valence-corrected chi connectivity index (χ0v) is 14.2. The van der Waals surface area contributed by atoms with Gasteiger partial charge in [-0.25, -0.2) is 4.39 Å². The molecule has 3 rings (SSSR count). The standard InChI is InChI=1S/C18H15FN2O3S/c1-11-5-6-14(19)8-15(11)20-17(23)13-4-2-3-12(7-13)9-21-16(22)10-25-18(21)24/h2-8H,9-10H2,1H3,(H,20,23). The van der Waals surface area contributed by atoms with Crippen LogP contribution >= 0.6 is 11.8 Å². The maximum absolute atomic E-state index is 13.3. The van der Waals surface area contributed by atoms with E-state index in [0.29, 0.717) is 16.8 Å². The third kappa shape index (κ3) is 3.88. The molecule has 2 aromatic rings. The van der Waals surface area contributed by atoms with Crippen molar-refractivity contribution in [2.75, 3.05) is 11.1 Å². The van der Waals surface area contributed by atoms with Crippen LogP contribution in [0.3, 0.4) is 0 Å². The highest BCUT2D eigenvalue weighted by atomic mass is 32.2. The molecule has 0 aromatic heterocycles. The highest BCUT2D eigenvalue weighted by Gasteiger charge is 2.29. The Morgan fingerprint density at radius 1 is 1.24 bits per heavy atom. The van der Waals surface area contributed by atoms with E-state index >= 15 is 0 Å². The smallest absolute Gasteiger partial charge is 0.289 e. The van der Waals surface area contributed by atoms with Crippen molar-refractivity contribution >= 4 is 34.5 Å². The number of rotatable bonds is 4. The second-order valence-corrected chi connectivity index (χ2v) is 6.57. The van der Waals surface area contributed by atoms with Gasteiger partial charge in [0.25, 0.3) is 11.1 Å². The summed E-state index contributed by atoms with van der Waals surface area (Å²) in [5, 5.41) is 2.39. The zero-order valence-electron chi connectivity index (χ0n) is 13.4. The molecule has 0 unspecified atom stereocenters. The number of benzene rings is 2. The van der Waals surface area contributed by atoms with Crippen LogP contribution in [0.25, 0.3) is 0 Å². The van der Waals surface area contributed by atoms with Crippen molar-refractivity contribution in [2.24, 2.45) is 0 Å². The first-order valence-corrected chi connectivity index (χ1v) is 8.56. The second-order valence-electron chi connectivity index (χ2n) is 5.65. The van der Waals surface area contributed by atoms with E-state index in [1.165, 1.54) is 17.0 Å². The van der Waals surface area contributed by atoms with Gasteiger partial charge in [0.1, 0.15) is 5.82 Å². The second kappa shape index (κ2) is 7.06. The lowest BCUT2D eigenvalue weighted by Crippen LogP contribution is -2.28. The van der Waals surface area contributed by atoms with E-state index in [1.807, 2.05) is 0 Å². The van der Waals surface area contributed by atoms with E-state index in [1.54, 1.807) is 37.3 Å². The van der Waals surface area contributed by atoms with E-state index in [-0.39, 0.29) is 29.4 Å². The number of nitrogens with one attached hydrogen (secondary N) is 1. The molecule has 128 valence electrons. The minimum absolute atomic E-state index is 0.130. The molecule has 7 heteroatoms. The lowest BCUT2D eigenvalue weighted by atomic mass is 10.1. The predicted molar refractivity (Wildman–Crippen MR) is 93.9 cm³/mol. The van der Waals surface area contributed by atoms with Crippen molar-refractivity contribution in [2.45, 2.75) is 13.5 Å². The van der Waals surface area contributed by atoms with E-state index in [2.05, 4.69) is 5.32 Å². The van der Waals surface area contributed by atoms with Crippen molar-refractivity contribution in [3.05, 3.63) is 65.0 Å². The largest absolute Gasteiger partial charge is 0.322 e. The molecule has 0 aliphatic carbocycles.